The molecule has 0 aromatic heterocycles. The first-order chi connectivity index (χ1) is 13.6. The molecule has 1 saturated carbocycles. The van der Waals surface area contributed by atoms with Crippen LogP contribution in [0.5, 0.6) is 11.5 Å². The van der Waals surface area contributed by atoms with Crippen LogP contribution in [0.15, 0.2) is 48.5 Å². The van der Waals surface area contributed by atoms with Gasteiger partial charge in [0.25, 0.3) is 0 Å². The van der Waals surface area contributed by atoms with Gasteiger partial charge in [-0.1, -0.05) is 18.2 Å². The smallest absolute Gasteiger partial charge is 0.337 e. The molecule has 1 fully saturated rings. The Morgan fingerprint density at radius 1 is 1.11 bits per heavy atom. The first kappa shape index (κ1) is 19.5. The fourth-order valence-electron chi connectivity index (χ4n) is 3.20. The van der Waals surface area contributed by atoms with Crippen molar-refractivity contribution in [2.24, 2.45) is 0 Å². The average Bonchev–Trinajstić information content (AvgIpc) is 3.20. The molecule has 0 spiro atoms. The molecular weight excluding hydrogens is 358 g/mol. The van der Waals surface area contributed by atoms with Gasteiger partial charge in [0.2, 0.25) is 5.91 Å². The van der Waals surface area contributed by atoms with E-state index in [1.807, 2.05) is 18.2 Å². The lowest BCUT2D eigenvalue weighted by Crippen LogP contribution is -2.12. The number of nitrogens with one attached hydrogen (secondary N) is 1. The molecule has 0 bridgehead atoms. The minimum Gasteiger partial charge on any atom is -0.493 e. The quantitative estimate of drug-likeness (QED) is 0.696. The van der Waals surface area contributed by atoms with Gasteiger partial charge in [-0.2, -0.15) is 0 Å². The lowest BCUT2D eigenvalue weighted by molar-refractivity contribution is -0.111. The second kappa shape index (κ2) is 9.08. The number of carboxylic acid groups (broad SMARTS) is 1. The summed E-state index contributed by atoms with van der Waals surface area (Å²) in [7, 11) is 1.60. The highest BCUT2D eigenvalue weighted by Gasteiger charge is 2.18. The standard InChI is InChI=1S/C22H23NO5/c1-27-19-12-10-15(14-20(19)28-16-6-2-3-7-16)11-13-21(24)23-18-9-5-4-8-17(18)22(25)26/h4-5,8-14,16H,2-3,6-7H2,1H3,(H,23,24)(H,25,26). The van der Waals surface area contributed by atoms with Crippen molar-refractivity contribution in [2.75, 3.05) is 12.4 Å². The summed E-state index contributed by atoms with van der Waals surface area (Å²) in [6.07, 6.45) is 7.63. The Hall–Kier alpha value is -3.28. The first-order valence-electron chi connectivity index (χ1n) is 9.23. The van der Waals surface area contributed by atoms with E-state index in [1.54, 1.807) is 31.4 Å². The predicted molar refractivity (Wildman–Crippen MR) is 107 cm³/mol. The van der Waals surface area contributed by atoms with E-state index in [4.69, 9.17) is 9.47 Å². The topological polar surface area (TPSA) is 84.9 Å². The maximum Gasteiger partial charge on any atom is 0.337 e. The highest BCUT2D eigenvalue weighted by molar-refractivity contribution is 6.06. The summed E-state index contributed by atoms with van der Waals surface area (Å²) in [4.78, 5) is 23.4. The van der Waals surface area contributed by atoms with E-state index in [2.05, 4.69) is 5.32 Å². The number of rotatable bonds is 7. The van der Waals surface area contributed by atoms with Crippen LogP contribution in [0, 0.1) is 0 Å². The van der Waals surface area contributed by atoms with Crippen LogP contribution < -0.4 is 14.8 Å². The first-order valence-corrected chi connectivity index (χ1v) is 9.23. The highest BCUT2D eigenvalue weighted by atomic mass is 16.5. The van der Waals surface area contributed by atoms with Gasteiger partial charge in [0.05, 0.1) is 24.5 Å². The summed E-state index contributed by atoms with van der Waals surface area (Å²) in [5.74, 6) is -0.191. The number of amides is 1. The Bertz CT molecular complexity index is 884. The van der Waals surface area contributed by atoms with Crippen LogP contribution in [0.4, 0.5) is 5.69 Å². The molecule has 1 aliphatic carbocycles. The minimum atomic E-state index is -1.09. The summed E-state index contributed by atoms with van der Waals surface area (Å²) < 4.78 is 11.4. The van der Waals surface area contributed by atoms with Crippen molar-refractivity contribution >= 4 is 23.6 Å². The summed E-state index contributed by atoms with van der Waals surface area (Å²) in [6, 6.07) is 11.7. The van der Waals surface area contributed by atoms with E-state index in [0.717, 1.165) is 18.4 Å². The number of hydrogen-bond donors (Lipinski definition) is 2. The lowest BCUT2D eigenvalue weighted by atomic mass is 10.1. The molecule has 6 nitrogen and oxygen atoms in total. The van der Waals surface area contributed by atoms with Gasteiger partial charge >= 0.3 is 5.97 Å². The van der Waals surface area contributed by atoms with Gasteiger partial charge in [0, 0.05) is 6.08 Å². The number of carboxylic acids is 1. The number of methoxy groups -OCH3 is 1. The molecule has 0 atom stereocenters. The van der Waals surface area contributed by atoms with Crippen molar-refractivity contribution in [1.82, 2.24) is 0 Å². The number of aromatic carboxylic acids is 1. The molecule has 0 unspecified atom stereocenters. The largest absolute Gasteiger partial charge is 0.493 e. The molecule has 1 amide bonds. The van der Waals surface area contributed by atoms with Crippen LogP contribution >= 0.6 is 0 Å². The molecule has 1 aliphatic rings. The Balaban J connectivity index is 1.71. The number of ether oxygens (including phenoxy) is 2. The molecule has 0 radical (unpaired) electrons. The Kier molecular flexibility index (Phi) is 6.32. The summed E-state index contributed by atoms with van der Waals surface area (Å²) in [5.41, 5.74) is 1.08. The van der Waals surface area contributed by atoms with Gasteiger partial charge in [0.1, 0.15) is 0 Å². The third kappa shape index (κ3) is 4.91. The van der Waals surface area contributed by atoms with Crippen molar-refractivity contribution in [3.05, 3.63) is 59.7 Å². The van der Waals surface area contributed by atoms with Crippen LogP contribution in [-0.2, 0) is 4.79 Å². The number of carbonyl (C=O) groups is 2. The van der Waals surface area contributed by atoms with Crippen molar-refractivity contribution < 1.29 is 24.2 Å². The number of para-hydroxylation sites is 1. The number of hydrogen-bond acceptors (Lipinski definition) is 4. The third-order valence-electron chi connectivity index (χ3n) is 4.63. The Morgan fingerprint density at radius 3 is 2.57 bits per heavy atom. The fourth-order valence-corrected chi connectivity index (χ4v) is 3.20. The zero-order valence-corrected chi connectivity index (χ0v) is 15.7. The molecule has 0 saturated heterocycles. The van der Waals surface area contributed by atoms with Crippen molar-refractivity contribution in [1.29, 1.82) is 0 Å². The van der Waals surface area contributed by atoms with Gasteiger partial charge in [-0.3, -0.25) is 4.79 Å². The molecule has 28 heavy (non-hydrogen) atoms. The SMILES string of the molecule is COc1ccc(C=CC(=O)Nc2ccccc2C(=O)O)cc1OC1CCCC1. The number of benzene rings is 2. The maximum absolute atomic E-state index is 12.2. The van der Waals surface area contributed by atoms with E-state index in [1.165, 1.54) is 25.0 Å². The molecule has 2 N–H and O–H groups in total. The average molecular weight is 381 g/mol. The van der Waals surface area contributed by atoms with Crippen LogP contribution in [0.25, 0.3) is 6.08 Å². The molecule has 2 aromatic carbocycles. The number of carbonyl (C=O) groups excluding carboxylic acids is 1. The normalized spacial score (nSPS) is 14.2. The molecule has 6 heteroatoms. The Labute approximate surface area is 163 Å². The van der Waals surface area contributed by atoms with Gasteiger partial charge in [-0.05, 0) is 61.6 Å². The molecular formula is C22H23NO5. The zero-order chi connectivity index (χ0) is 19.9. The Morgan fingerprint density at radius 2 is 1.86 bits per heavy atom. The number of anilines is 1. The maximum atomic E-state index is 12.2. The highest BCUT2D eigenvalue weighted by Crippen LogP contribution is 2.32. The third-order valence-corrected chi connectivity index (χ3v) is 4.63. The van der Waals surface area contributed by atoms with E-state index >= 15 is 0 Å². The molecule has 3 rings (SSSR count). The van der Waals surface area contributed by atoms with Gasteiger partial charge in [0.15, 0.2) is 11.5 Å². The second-order valence-corrected chi connectivity index (χ2v) is 6.61. The van der Waals surface area contributed by atoms with E-state index in [-0.39, 0.29) is 17.4 Å². The minimum absolute atomic E-state index is 0.0425. The van der Waals surface area contributed by atoms with Crippen molar-refractivity contribution in [3.8, 4) is 11.5 Å². The fraction of sp³-hybridized carbons (Fsp3) is 0.273. The monoisotopic (exact) mass is 381 g/mol. The zero-order valence-electron chi connectivity index (χ0n) is 15.7. The van der Waals surface area contributed by atoms with E-state index < -0.39 is 11.9 Å². The molecule has 2 aromatic rings. The van der Waals surface area contributed by atoms with Gasteiger partial charge in [-0.15, -0.1) is 0 Å². The summed E-state index contributed by atoms with van der Waals surface area (Å²) in [5, 5.41) is 11.8. The van der Waals surface area contributed by atoms with E-state index in [9.17, 15) is 14.7 Å². The summed E-state index contributed by atoms with van der Waals surface area (Å²) in [6.45, 7) is 0. The van der Waals surface area contributed by atoms with Crippen LogP contribution in [0.2, 0.25) is 0 Å². The van der Waals surface area contributed by atoms with Crippen LogP contribution in [0.1, 0.15) is 41.6 Å². The van der Waals surface area contributed by atoms with Gasteiger partial charge < -0.3 is 19.9 Å². The predicted octanol–water partition coefficient (Wildman–Crippen LogP) is 4.37. The van der Waals surface area contributed by atoms with E-state index in [0.29, 0.717) is 11.5 Å². The van der Waals surface area contributed by atoms with Crippen LogP contribution in [0.3, 0.4) is 0 Å². The lowest BCUT2D eigenvalue weighted by Gasteiger charge is -2.16. The van der Waals surface area contributed by atoms with Crippen LogP contribution in [-0.4, -0.2) is 30.2 Å². The van der Waals surface area contributed by atoms with Crippen molar-refractivity contribution in [3.63, 3.8) is 0 Å². The summed E-state index contributed by atoms with van der Waals surface area (Å²) >= 11 is 0. The molecule has 146 valence electrons. The van der Waals surface area contributed by atoms with Gasteiger partial charge in [-0.25, -0.2) is 4.79 Å². The molecule has 0 heterocycles. The van der Waals surface area contributed by atoms with Crippen molar-refractivity contribution in [2.45, 2.75) is 31.8 Å². The molecule has 0 aliphatic heterocycles. The second-order valence-electron chi connectivity index (χ2n) is 6.61.